The normalized spacial score (nSPS) is 23.6. The van der Waals surface area contributed by atoms with E-state index >= 15 is 0 Å². The second kappa shape index (κ2) is 7.80. The van der Waals surface area contributed by atoms with Crippen molar-refractivity contribution in [3.8, 4) is 0 Å². The van der Waals surface area contributed by atoms with E-state index in [0.717, 1.165) is 16.7 Å². The Labute approximate surface area is 158 Å². The second-order valence-electron chi connectivity index (χ2n) is 5.08. The van der Waals surface area contributed by atoms with Crippen LogP contribution in [-0.2, 0) is 23.9 Å². The molecule has 0 aromatic rings. The van der Waals surface area contributed by atoms with Gasteiger partial charge in [0.2, 0.25) is 5.91 Å². The van der Waals surface area contributed by atoms with Crippen molar-refractivity contribution in [1.82, 2.24) is 4.90 Å². The summed E-state index contributed by atoms with van der Waals surface area (Å²) in [5.41, 5.74) is -0.340. The Kier molecular flexibility index (Phi) is 6.84. The van der Waals surface area contributed by atoms with Crippen LogP contribution in [-0.4, -0.2) is 51.7 Å². The summed E-state index contributed by atoms with van der Waals surface area (Å²) in [5, 5.41) is 20.2. The quantitative estimate of drug-likeness (QED) is 0.219. The van der Waals surface area contributed by atoms with Crippen molar-refractivity contribution in [2.24, 2.45) is 5.92 Å². The number of fused-ring (bicyclic) bond motifs is 1. The number of ketones is 1. The van der Waals surface area contributed by atoms with Crippen molar-refractivity contribution >= 4 is 35.4 Å². The van der Waals surface area contributed by atoms with Crippen LogP contribution in [0.2, 0.25) is 0 Å². The molecule has 0 bridgehead atoms. The molecule has 0 radical (unpaired) electrons. The summed E-state index contributed by atoms with van der Waals surface area (Å²) >= 11 is 1.04. The van der Waals surface area contributed by atoms with Gasteiger partial charge >= 0.3 is 35.5 Å². The van der Waals surface area contributed by atoms with E-state index in [4.69, 9.17) is 4.74 Å². The van der Waals surface area contributed by atoms with Gasteiger partial charge in [0, 0.05) is 0 Å². The summed E-state index contributed by atoms with van der Waals surface area (Å²) in [6, 6.07) is 0. The maximum atomic E-state index is 11.9. The molecule has 8 nitrogen and oxygen atoms in total. The molecule has 0 aromatic carbocycles. The molecule has 1 saturated heterocycles. The van der Waals surface area contributed by atoms with Gasteiger partial charge in [0.1, 0.15) is 24.2 Å². The number of hydrogen-bond donors (Lipinski definition) is 1. The number of esters is 1. The van der Waals surface area contributed by atoms with Crippen LogP contribution in [0.15, 0.2) is 10.6 Å². The number of aliphatic hydroxyl groups excluding tert-OH is 1. The van der Waals surface area contributed by atoms with Crippen LogP contribution in [0.4, 0.5) is 0 Å². The maximum Gasteiger partial charge on any atom is 1.00 e. The van der Waals surface area contributed by atoms with Gasteiger partial charge in [0.15, 0.2) is 0 Å². The van der Waals surface area contributed by atoms with Crippen molar-refractivity contribution in [2.45, 2.75) is 31.7 Å². The molecular formula is C13H14NNaO7S. The van der Waals surface area contributed by atoms with Gasteiger partial charge in [0.05, 0.1) is 28.6 Å². The average molecular weight is 351 g/mol. The van der Waals surface area contributed by atoms with Crippen LogP contribution in [0.1, 0.15) is 20.3 Å². The van der Waals surface area contributed by atoms with E-state index in [0.29, 0.717) is 0 Å². The Bertz CT molecular complexity index is 589. The summed E-state index contributed by atoms with van der Waals surface area (Å²) in [7, 11) is 0. The molecule has 2 rings (SSSR count). The van der Waals surface area contributed by atoms with E-state index in [1.807, 2.05) is 0 Å². The number of rotatable bonds is 6. The van der Waals surface area contributed by atoms with Gasteiger partial charge in [-0.15, -0.1) is 0 Å². The largest absolute Gasteiger partial charge is 1.00 e. The molecule has 1 fully saturated rings. The fourth-order valence-electron chi connectivity index (χ4n) is 2.35. The monoisotopic (exact) mass is 351 g/mol. The Balaban J connectivity index is 0.00000264. The summed E-state index contributed by atoms with van der Waals surface area (Å²) in [4.78, 5) is 46.5. The molecule has 0 aromatic heterocycles. The smallest absolute Gasteiger partial charge is 0.543 e. The van der Waals surface area contributed by atoms with Crippen molar-refractivity contribution in [3.63, 3.8) is 0 Å². The summed E-state index contributed by atoms with van der Waals surface area (Å²) in [6.45, 7) is 2.33. The number of ether oxygens (including phenoxy) is 1. The topological polar surface area (TPSA) is 124 Å². The molecule has 2 aliphatic rings. The fraction of sp³-hybridized carbons (Fsp3) is 0.538. The third-order valence-electron chi connectivity index (χ3n) is 3.32. The van der Waals surface area contributed by atoms with Crippen LogP contribution in [0.25, 0.3) is 0 Å². The Morgan fingerprint density at radius 2 is 2.04 bits per heavy atom. The predicted octanol–water partition coefficient (Wildman–Crippen LogP) is -4.61. The summed E-state index contributed by atoms with van der Waals surface area (Å²) < 4.78 is 4.84. The summed E-state index contributed by atoms with van der Waals surface area (Å²) in [5.74, 6) is -3.90. The number of carbonyl (C=O) groups excluding carboxylic acids is 4. The number of aliphatic carboxylic acids is 1. The fourth-order valence-corrected chi connectivity index (χ4v) is 3.86. The molecular weight excluding hydrogens is 337 g/mol. The number of Topliss-reactive ketones (excluding diaryl/α,β-unsaturated/α-hetero) is 1. The maximum absolute atomic E-state index is 11.9. The minimum absolute atomic E-state index is 0. The van der Waals surface area contributed by atoms with Gasteiger partial charge in [-0.1, -0.05) is 11.8 Å². The number of β-lactam (4-membered cyclic amide) rings is 1. The van der Waals surface area contributed by atoms with Crippen LogP contribution in [0.3, 0.4) is 0 Å². The van der Waals surface area contributed by atoms with Crippen molar-refractivity contribution in [2.75, 3.05) is 6.61 Å². The number of aliphatic hydroxyl groups is 1. The Morgan fingerprint density at radius 1 is 1.43 bits per heavy atom. The molecule has 0 aliphatic carbocycles. The number of carboxylic acid groups (broad SMARTS) is 1. The van der Waals surface area contributed by atoms with Crippen molar-refractivity contribution in [1.29, 1.82) is 0 Å². The molecule has 2 heterocycles. The first-order valence-corrected chi connectivity index (χ1v) is 7.39. The molecule has 23 heavy (non-hydrogen) atoms. The second-order valence-corrected chi connectivity index (χ2v) is 6.29. The van der Waals surface area contributed by atoms with Crippen LogP contribution >= 0.6 is 11.8 Å². The number of nitrogens with zero attached hydrogens (tertiary/aromatic N) is 1. The van der Waals surface area contributed by atoms with Crippen molar-refractivity contribution < 1.29 is 63.7 Å². The molecule has 1 amide bonds. The molecule has 2 aliphatic heterocycles. The first kappa shape index (κ1) is 20.2. The number of hydrogen-bond acceptors (Lipinski definition) is 8. The summed E-state index contributed by atoms with van der Waals surface area (Å²) in [6.07, 6.45) is -1.31. The van der Waals surface area contributed by atoms with E-state index in [1.54, 1.807) is 0 Å². The molecule has 1 N–H and O–H groups in total. The molecule has 120 valence electrons. The first-order valence-electron chi connectivity index (χ1n) is 6.51. The number of amides is 1. The number of carbonyl (C=O) groups is 4. The molecule has 3 atom stereocenters. The standard InChI is InChI=1S/C13H15NO7S.Na/c1-5(15)3-8(17)21-4-7-10(13(19)20)14-11(18)9(6(2)16)12(14)22-7;/h6,9,12,16H,3-4H2,1-2H3,(H,19,20);/q;+1/p-1/t6-,9+,12-;/m1./s1. The zero-order valence-electron chi connectivity index (χ0n) is 12.9. The molecule has 0 saturated carbocycles. The molecule has 0 unspecified atom stereocenters. The van der Waals surface area contributed by atoms with Gasteiger partial charge in [0.25, 0.3) is 0 Å². The van der Waals surface area contributed by atoms with Gasteiger partial charge in [-0.2, -0.15) is 0 Å². The minimum Gasteiger partial charge on any atom is -0.543 e. The van der Waals surface area contributed by atoms with E-state index < -0.39 is 41.7 Å². The third kappa shape index (κ3) is 3.97. The van der Waals surface area contributed by atoms with E-state index in [9.17, 15) is 29.4 Å². The Morgan fingerprint density at radius 3 is 2.52 bits per heavy atom. The van der Waals surface area contributed by atoms with Crippen LogP contribution < -0.4 is 34.7 Å². The molecule has 0 spiro atoms. The zero-order chi connectivity index (χ0) is 16.6. The zero-order valence-corrected chi connectivity index (χ0v) is 15.7. The van der Waals surface area contributed by atoms with E-state index in [2.05, 4.69) is 0 Å². The minimum atomic E-state index is -1.55. The Hall–Kier alpha value is -0.870. The van der Waals surface area contributed by atoms with Gasteiger partial charge in [-0.25, -0.2) is 0 Å². The van der Waals surface area contributed by atoms with Crippen LogP contribution in [0, 0.1) is 5.92 Å². The van der Waals surface area contributed by atoms with Crippen molar-refractivity contribution in [3.05, 3.63) is 10.6 Å². The van der Waals surface area contributed by atoms with Gasteiger partial charge in [-0.05, 0) is 13.8 Å². The number of thioether (sulfide) groups is 1. The predicted molar refractivity (Wildman–Crippen MR) is 71.7 cm³/mol. The first-order chi connectivity index (χ1) is 10.2. The number of carboxylic acids is 1. The average Bonchev–Trinajstić information content (AvgIpc) is 2.69. The third-order valence-corrected chi connectivity index (χ3v) is 4.66. The van der Waals surface area contributed by atoms with Gasteiger partial charge < -0.3 is 19.7 Å². The van der Waals surface area contributed by atoms with Crippen LogP contribution in [0.5, 0.6) is 0 Å². The SMILES string of the molecule is CC(=O)CC(=O)OCC1=C(C(=O)[O-])N2C(=O)[C@H]([C@@H](C)O)[C@H]2S1.[Na+]. The molecule has 10 heteroatoms. The van der Waals surface area contributed by atoms with Gasteiger partial charge in [-0.3, -0.25) is 19.3 Å². The van der Waals surface area contributed by atoms with E-state index in [-0.39, 0.29) is 52.5 Å². The van der Waals surface area contributed by atoms with E-state index in [1.165, 1.54) is 13.8 Å².